The molecule has 0 aromatic carbocycles. The minimum Gasteiger partial charge on any atom is -0.331 e. The molecule has 0 N–H and O–H groups in total. The minimum absolute atomic E-state index is 0.247. The van der Waals surface area contributed by atoms with Crippen LogP contribution < -0.4 is 0 Å². The molecule has 1 saturated heterocycles. The van der Waals surface area contributed by atoms with Gasteiger partial charge in [0.1, 0.15) is 0 Å². The van der Waals surface area contributed by atoms with Gasteiger partial charge in [-0.3, -0.25) is 4.79 Å². The number of imidazole rings is 1. The molecule has 1 atom stereocenters. The Bertz CT molecular complexity index is 585. The number of likely N-dealkylation sites (tertiary alicyclic amines) is 1. The van der Waals surface area contributed by atoms with Gasteiger partial charge < -0.3 is 14.4 Å². The quantitative estimate of drug-likeness (QED) is 0.857. The van der Waals surface area contributed by atoms with E-state index in [2.05, 4.69) is 20.5 Å². The van der Waals surface area contributed by atoms with Crippen LogP contribution in [0.5, 0.6) is 0 Å². The Balaban J connectivity index is 1.52. The van der Waals surface area contributed by atoms with Crippen molar-refractivity contribution in [3.8, 4) is 0 Å². The zero-order chi connectivity index (χ0) is 14.9. The Morgan fingerprint density at radius 3 is 2.91 bits per heavy atom. The highest BCUT2D eigenvalue weighted by Gasteiger charge is 2.31. The summed E-state index contributed by atoms with van der Waals surface area (Å²) in [6, 6.07) is 0.343. The van der Waals surface area contributed by atoms with Crippen molar-refractivity contribution in [3.05, 3.63) is 29.9 Å². The van der Waals surface area contributed by atoms with E-state index in [-0.39, 0.29) is 5.91 Å². The molecule has 1 amide bonds. The van der Waals surface area contributed by atoms with Crippen molar-refractivity contribution in [2.75, 3.05) is 26.2 Å². The summed E-state index contributed by atoms with van der Waals surface area (Å²) in [6.45, 7) is 4.94. The Morgan fingerprint density at radius 2 is 2.14 bits per heavy atom. The second-order valence-electron chi connectivity index (χ2n) is 6.76. The van der Waals surface area contributed by atoms with Gasteiger partial charge in [-0.2, -0.15) is 0 Å². The zero-order valence-electron chi connectivity index (χ0n) is 13.1. The fourth-order valence-electron chi connectivity index (χ4n) is 4.02. The van der Waals surface area contributed by atoms with Crippen LogP contribution in [-0.4, -0.2) is 51.4 Å². The van der Waals surface area contributed by atoms with E-state index in [1.54, 1.807) is 0 Å². The Labute approximate surface area is 131 Å². The third-order valence-corrected chi connectivity index (χ3v) is 5.19. The van der Waals surface area contributed by atoms with Gasteiger partial charge in [-0.25, -0.2) is 4.98 Å². The fourth-order valence-corrected chi connectivity index (χ4v) is 4.02. The number of carbonyl (C=O) groups excluding carboxylic acids is 1. The van der Waals surface area contributed by atoms with Crippen molar-refractivity contribution >= 4 is 5.91 Å². The van der Waals surface area contributed by atoms with Crippen LogP contribution in [-0.2, 0) is 11.3 Å². The maximum atomic E-state index is 12.7. The van der Waals surface area contributed by atoms with Gasteiger partial charge in [-0.1, -0.05) is 6.08 Å². The summed E-state index contributed by atoms with van der Waals surface area (Å²) in [7, 11) is 0. The Kier molecular flexibility index (Phi) is 3.74. The van der Waals surface area contributed by atoms with Crippen molar-refractivity contribution in [3.63, 3.8) is 0 Å². The largest absolute Gasteiger partial charge is 0.331 e. The molecule has 0 saturated carbocycles. The molecule has 0 radical (unpaired) electrons. The molecule has 5 heteroatoms. The first-order valence-electron chi connectivity index (χ1n) is 8.52. The monoisotopic (exact) mass is 300 g/mol. The predicted octanol–water partition coefficient (Wildman–Crippen LogP) is 1.97. The van der Waals surface area contributed by atoms with Crippen LogP contribution in [0, 0.1) is 0 Å². The number of carbonyl (C=O) groups is 1. The molecule has 0 spiro atoms. The Morgan fingerprint density at radius 1 is 1.27 bits per heavy atom. The van der Waals surface area contributed by atoms with E-state index in [4.69, 9.17) is 0 Å². The Hall–Kier alpha value is -1.62. The summed E-state index contributed by atoms with van der Waals surface area (Å²) in [5.41, 5.74) is 2.19. The molecule has 1 aromatic heterocycles. The standard InChI is InChI=1S/C17H24N4O/c22-17(14-5-1-2-6-14)20-11-15-9-18-13-21(15)16(12-20)10-19-7-3-4-8-19/h5,9,13,16H,1-4,6-8,10-12H2/t16-/m0/s1. The smallest absolute Gasteiger partial charge is 0.249 e. The SMILES string of the molecule is O=C(C1=CCCC1)N1Cc2cncn2[C@@H](CN2CCCC2)C1. The fraction of sp³-hybridized carbons (Fsp3) is 0.647. The number of hydrogen-bond acceptors (Lipinski definition) is 3. The molecule has 22 heavy (non-hydrogen) atoms. The molecule has 4 rings (SSSR count). The van der Waals surface area contributed by atoms with E-state index in [1.807, 2.05) is 17.4 Å². The van der Waals surface area contributed by atoms with E-state index in [9.17, 15) is 4.79 Å². The molecule has 5 nitrogen and oxygen atoms in total. The van der Waals surface area contributed by atoms with Gasteiger partial charge >= 0.3 is 0 Å². The van der Waals surface area contributed by atoms with E-state index in [1.165, 1.54) is 31.6 Å². The zero-order valence-corrected chi connectivity index (χ0v) is 13.1. The summed E-state index contributed by atoms with van der Waals surface area (Å²) in [5.74, 6) is 0.247. The lowest BCUT2D eigenvalue weighted by atomic mass is 10.1. The lowest BCUT2D eigenvalue weighted by Gasteiger charge is -2.36. The highest BCUT2D eigenvalue weighted by atomic mass is 16.2. The maximum absolute atomic E-state index is 12.7. The predicted molar refractivity (Wildman–Crippen MR) is 84.3 cm³/mol. The number of nitrogens with zero attached hydrogens (tertiary/aromatic N) is 4. The molecule has 0 unspecified atom stereocenters. The number of allylic oxidation sites excluding steroid dienone is 1. The number of hydrogen-bond donors (Lipinski definition) is 0. The van der Waals surface area contributed by atoms with Gasteiger partial charge in [-0.05, 0) is 45.2 Å². The van der Waals surface area contributed by atoms with Gasteiger partial charge in [0, 0.05) is 24.9 Å². The molecular formula is C17H24N4O. The molecule has 3 heterocycles. The lowest BCUT2D eigenvalue weighted by Crippen LogP contribution is -2.44. The topological polar surface area (TPSA) is 41.4 Å². The second-order valence-corrected chi connectivity index (χ2v) is 6.76. The third-order valence-electron chi connectivity index (χ3n) is 5.19. The van der Waals surface area contributed by atoms with Gasteiger partial charge in [0.15, 0.2) is 0 Å². The average molecular weight is 300 g/mol. The third kappa shape index (κ3) is 2.58. The van der Waals surface area contributed by atoms with Crippen molar-refractivity contribution in [2.24, 2.45) is 0 Å². The average Bonchev–Trinajstić information content (AvgIpc) is 3.27. The summed E-state index contributed by atoms with van der Waals surface area (Å²) >= 11 is 0. The van der Waals surface area contributed by atoms with Crippen molar-refractivity contribution in [1.29, 1.82) is 0 Å². The first kappa shape index (κ1) is 14.0. The molecule has 1 fully saturated rings. The number of fused-ring (bicyclic) bond motifs is 1. The molecular weight excluding hydrogens is 276 g/mol. The van der Waals surface area contributed by atoms with Crippen molar-refractivity contribution in [1.82, 2.24) is 19.4 Å². The van der Waals surface area contributed by atoms with Crippen molar-refractivity contribution in [2.45, 2.75) is 44.7 Å². The molecule has 0 bridgehead atoms. The van der Waals surface area contributed by atoms with Gasteiger partial charge in [-0.15, -0.1) is 0 Å². The number of rotatable bonds is 3. The van der Waals surface area contributed by atoms with Crippen LogP contribution >= 0.6 is 0 Å². The van der Waals surface area contributed by atoms with Crippen LogP contribution in [0.2, 0.25) is 0 Å². The van der Waals surface area contributed by atoms with Crippen LogP contribution in [0.4, 0.5) is 0 Å². The first-order chi connectivity index (χ1) is 10.8. The van der Waals surface area contributed by atoms with Crippen LogP contribution in [0.25, 0.3) is 0 Å². The molecule has 118 valence electrons. The summed E-state index contributed by atoms with van der Waals surface area (Å²) in [6.07, 6.45) is 11.7. The second kappa shape index (κ2) is 5.88. The van der Waals surface area contributed by atoms with Gasteiger partial charge in [0.05, 0.1) is 24.6 Å². The van der Waals surface area contributed by atoms with E-state index >= 15 is 0 Å². The van der Waals surface area contributed by atoms with Crippen LogP contribution in [0.15, 0.2) is 24.2 Å². The molecule has 3 aliphatic rings. The van der Waals surface area contributed by atoms with E-state index in [0.717, 1.165) is 37.9 Å². The molecule has 2 aliphatic heterocycles. The molecule has 1 aliphatic carbocycles. The summed E-state index contributed by atoms with van der Waals surface area (Å²) < 4.78 is 2.28. The normalized spacial score (nSPS) is 25.4. The minimum atomic E-state index is 0.247. The van der Waals surface area contributed by atoms with Crippen molar-refractivity contribution < 1.29 is 4.79 Å². The maximum Gasteiger partial charge on any atom is 0.249 e. The number of aromatic nitrogens is 2. The van der Waals surface area contributed by atoms with Gasteiger partial charge in [0.2, 0.25) is 5.91 Å². The highest BCUT2D eigenvalue weighted by Crippen LogP contribution is 2.27. The van der Waals surface area contributed by atoms with E-state index < -0.39 is 0 Å². The summed E-state index contributed by atoms with van der Waals surface area (Å²) in [5, 5.41) is 0. The first-order valence-corrected chi connectivity index (χ1v) is 8.52. The summed E-state index contributed by atoms with van der Waals surface area (Å²) in [4.78, 5) is 21.6. The van der Waals surface area contributed by atoms with E-state index in [0.29, 0.717) is 12.6 Å². The number of amides is 1. The lowest BCUT2D eigenvalue weighted by molar-refractivity contribution is -0.129. The van der Waals surface area contributed by atoms with Crippen LogP contribution in [0.1, 0.15) is 43.8 Å². The molecule has 1 aromatic rings. The highest BCUT2D eigenvalue weighted by molar-refractivity contribution is 5.93. The van der Waals surface area contributed by atoms with Crippen LogP contribution in [0.3, 0.4) is 0 Å². The van der Waals surface area contributed by atoms with Gasteiger partial charge in [0.25, 0.3) is 0 Å².